The van der Waals surface area contributed by atoms with Gasteiger partial charge in [-0.1, -0.05) is 18.2 Å². The molecule has 9 nitrogen and oxygen atoms in total. The Balaban J connectivity index is 1.74. The number of fused-ring (bicyclic) bond motifs is 1. The maximum Gasteiger partial charge on any atom is 0.343 e. The number of aromatic nitrogens is 3. The van der Waals surface area contributed by atoms with Crippen LogP contribution in [0, 0.1) is 19.8 Å². The summed E-state index contributed by atoms with van der Waals surface area (Å²) in [6, 6.07) is 7.82. The molecule has 0 saturated carbocycles. The number of carbonyl (C=O) groups is 3. The van der Waals surface area contributed by atoms with Gasteiger partial charge in [-0.05, 0) is 58.7 Å². The first-order valence-electron chi connectivity index (χ1n) is 11.7. The number of aryl methyl sites for hydroxylation is 2. The Morgan fingerprint density at radius 3 is 2.60 bits per heavy atom. The number of esters is 1. The van der Waals surface area contributed by atoms with Crippen LogP contribution in [0.25, 0.3) is 16.7 Å². The van der Waals surface area contributed by atoms with Gasteiger partial charge in [0.1, 0.15) is 5.56 Å². The summed E-state index contributed by atoms with van der Waals surface area (Å²) in [7, 11) is 0. The van der Waals surface area contributed by atoms with E-state index in [0.29, 0.717) is 12.4 Å². The number of hydrogen-bond acceptors (Lipinski definition) is 6. The number of anilines is 1. The maximum atomic E-state index is 13.3. The quantitative estimate of drug-likeness (QED) is 0.560. The van der Waals surface area contributed by atoms with Gasteiger partial charge in [-0.25, -0.2) is 9.78 Å². The minimum Gasteiger partial charge on any atom is -0.462 e. The van der Waals surface area contributed by atoms with Crippen LogP contribution in [0.2, 0.25) is 0 Å². The van der Waals surface area contributed by atoms with Crippen molar-refractivity contribution in [3.05, 3.63) is 47.2 Å². The number of hydrogen-bond donors (Lipinski definition) is 1. The molecule has 1 fully saturated rings. The van der Waals surface area contributed by atoms with Crippen LogP contribution in [0.3, 0.4) is 0 Å². The number of pyridine rings is 1. The number of nitrogens with one attached hydrogen (secondary N) is 1. The Morgan fingerprint density at radius 1 is 1.20 bits per heavy atom. The second kappa shape index (κ2) is 9.13. The highest BCUT2D eigenvalue weighted by Crippen LogP contribution is 2.29. The summed E-state index contributed by atoms with van der Waals surface area (Å²) in [5.41, 5.74) is 2.55. The number of likely N-dealkylation sites (tertiary alicyclic amines) is 1. The fourth-order valence-electron chi connectivity index (χ4n) is 4.40. The van der Waals surface area contributed by atoms with Crippen LogP contribution in [0.5, 0.6) is 0 Å². The van der Waals surface area contributed by atoms with Crippen molar-refractivity contribution in [1.29, 1.82) is 0 Å². The van der Waals surface area contributed by atoms with Crippen LogP contribution in [-0.2, 0) is 14.3 Å². The molecule has 2 amide bonds. The van der Waals surface area contributed by atoms with E-state index in [9.17, 15) is 14.4 Å². The van der Waals surface area contributed by atoms with E-state index in [0.717, 1.165) is 22.0 Å². The molecule has 1 aromatic carbocycles. The molecule has 2 aromatic heterocycles. The molecule has 0 spiro atoms. The Bertz CT molecular complexity index is 1320. The van der Waals surface area contributed by atoms with E-state index < -0.39 is 11.9 Å². The number of nitrogens with zero attached hydrogens (tertiary/aromatic N) is 4. The number of benzene rings is 1. The van der Waals surface area contributed by atoms with Gasteiger partial charge >= 0.3 is 5.97 Å². The van der Waals surface area contributed by atoms with E-state index in [1.54, 1.807) is 11.8 Å². The zero-order valence-corrected chi connectivity index (χ0v) is 21.0. The molecule has 3 heterocycles. The normalized spacial score (nSPS) is 16.1. The van der Waals surface area contributed by atoms with Crippen LogP contribution in [-0.4, -0.2) is 56.1 Å². The van der Waals surface area contributed by atoms with Crippen LogP contribution in [0.4, 0.5) is 5.82 Å². The molecule has 0 aliphatic carbocycles. The van der Waals surface area contributed by atoms with Crippen molar-refractivity contribution in [3.63, 3.8) is 0 Å². The molecule has 1 saturated heterocycles. The molecule has 1 unspecified atom stereocenters. The average Bonchev–Trinajstić information content (AvgIpc) is 3.38. The van der Waals surface area contributed by atoms with Crippen molar-refractivity contribution in [2.75, 3.05) is 18.5 Å². The molecule has 1 N–H and O–H groups in total. The Hall–Kier alpha value is -3.75. The molecular formula is C26H31N5O4. The van der Waals surface area contributed by atoms with Crippen molar-refractivity contribution in [2.45, 2.75) is 53.5 Å². The predicted octanol–water partition coefficient (Wildman–Crippen LogP) is 3.80. The number of rotatable bonds is 5. The lowest BCUT2D eigenvalue weighted by Crippen LogP contribution is -2.42. The Morgan fingerprint density at radius 2 is 1.94 bits per heavy atom. The SMILES string of the molecule is CCOC(=O)c1cnn(-c2cc(C)c3cccc(C)c3n2)c1NC(=O)C1CC(=O)N(C(C)(C)C)C1. The molecule has 9 heteroatoms. The smallest absolute Gasteiger partial charge is 0.343 e. The molecule has 1 atom stereocenters. The zero-order valence-electron chi connectivity index (χ0n) is 21.0. The van der Waals surface area contributed by atoms with Crippen molar-refractivity contribution in [2.24, 2.45) is 5.92 Å². The first kappa shape index (κ1) is 24.4. The topological polar surface area (TPSA) is 106 Å². The van der Waals surface area contributed by atoms with Crippen molar-refractivity contribution in [1.82, 2.24) is 19.7 Å². The number of para-hydroxylation sites is 1. The summed E-state index contributed by atoms with van der Waals surface area (Å²) in [5.74, 6) is -0.927. The monoisotopic (exact) mass is 477 g/mol. The van der Waals surface area contributed by atoms with Gasteiger partial charge in [-0.2, -0.15) is 9.78 Å². The molecule has 0 bridgehead atoms. The third-order valence-corrected chi connectivity index (χ3v) is 6.26. The first-order valence-corrected chi connectivity index (χ1v) is 11.7. The second-order valence-electron chi connectivity index (χ2n) is 9.87. The summed E-state index contributed by atoms with van der Waals surface area (Å²) in [6.45, 7) is 12.0. The van der Waals surface area contributed by atoms with E-state index in [-0.39, 0.29) is 41.8 Å². The lowest BCUT2D eigenvalue weighted by molar-refractivity contribution is -0.131. The van der Waals surface area contributed by atoms with Gasteiger partial charge in [0, 0.05) is 23.9 Å². The van der Waals surface area contributed by atoms with Gasteiger partial charge in [0.15, 0.2) is 11.6 Å². The van der Waals surface area contributed by atoms with Gasteiger partial charge in [-0.3, -0.25) is 9.59 Å². The largest absolute Gasteiger partial charge is 0.462 e. The van der Waals surface area contributed by atoms with Gasteiger partial charge in [-0.15, -0.1) is 0 Å². The average molecular weight is 478 g/mol. The molecular weight excluding hydrogens is 446 g/mol. The lowest BCUT2D eigenvalue weighted by Gasteiger charge is -2.31. The van der Waals surface area contributed by atoms with E-state index in [2.05, 4.69) is 10.4 Å². The van der Waals surface area contributed by atoms with Crippen LogP contribution in [0.15, 0.2) is 30.5 Å². The van der Waals surface area contributed by atoms with Gasteiger partial charge < -0.3 is 15.0 Å². The predicted molar refractivity (Wildman–Crippen MR) is 132 cm³/mol. The molecule has 1 aliphatic heterocycles. The summed E-state index contributed by atoms with van der Waals surface area (Å²) < 4.78 is 6.64. The van der Waals surface area contributed by atoms with Crippen LogP contribution >= 0.6 is 0 Å². The molecule has 35 heavy (non-hydrogen) atoms. The molecule has 4 rings (SSSR count). The van der Waals surface area contributed by atoms with E-state index >= 15 is 0 Å². The van der Waals surface area contributed by atoms with Crippen molar-refractivity contribution in [3.8, 4) is 5.82 Å². The molecule has 1 aliphatic rings. The van der Waals surface area contributed by atoms with Gasteiger partial charge in [0.25, 0.3) is 0 Å². The highest BCUT2D eigenvalue weighted by atomic mass is 16.5. The lowest BCUT2D eigenvalue weighted by atomic mass is 10.1. The number of ether oxygens (including phenoxy) is 1. The van der Waals surface area contributed by atoms with E-state index in [1.165, 1.54) is 10.9 Å². The summed E-state index contributed by atoms with van der Waals surface area (Å²) >= 11 is 0. The van der Waals surface area contributed by atoms with E-state index in [1.807, 2.05) is 58.9 Å². The summed E-state index contributed by atoms with van der Waals surface area (Å²) in [6.07, 6.45) is 1.48. The molecule has 0 radical (unpaired) electrons. The number of amides is 2. The first-order chi connectivity index (χ1) is 16.5. The molecule has 184 valence electrons. The maximum absolute atomic E-state index is 13.3. The summed E-state index contributed by atoms with van der Waals surface area (Å²) in [4.78, 5) is 45.0. The van der Waals surface area contributed by atoms with Crippen LogP contribution in [0.1, 0.15) is 55.6 Å². The fraction of sp³-hybridized carbons (Fsp3) is 0.423. The third-order valence-electron chi connectivity index (χ3n) is 6.26. The minimum absolute atomic E-state index is 0.0703. The standard InChI is InChI=1S/C26H31N5O4/c1-7-35-25(34)19-13-27-31(20-11-16(3)18-10-8-9-15(2)22(18)28-20)23(19)29-24(33)17-12-21(32)30(14-17)26(4,5)6/h8-11,13,17H,7,12,14H2,1-6H3,(H,29,33). The Labute approximate surface area is 204 Å². The third kappa shape index (κ3) is 4.62. The summed E-state index contributed by atoms with van der Waals surface area (Å²) in [5, 5.41) is 8.25. The minimum atomic E-state index is -0.596. The van der Waals surface area contributed by atoms with Crippen molar-refractivity contribution >= 4 is 34.5 Å². The number of carbonyl (C=O) groups excluding carboxylic acids is 3. The molecule has 3 aromatic rings. The second-order valence-corrected chi connectivity index (χ2v) is 9.87. The van der Waals surface area contributed by atoms with Crippen molar-refractivity contribution < 1.29 is 19.1 Å². The highest BCUT2D eigenvalue weighted by Gasteiger charge is 2.40. The van der Waals surface area contributed by atoms with Crippen LogP contribution < -0.4 is 5.32 Å². The highest BCUT2D eigenvalue weighted by molar-refractivity contribution is 6.03. The van der Waals surface area contributed by atoms with Gasteiger partial charge in [0.2, 0.25) is 11.8 Å². The fourth-order valence-corrected chi connectivity index (χ4v) is 4.40. The van der Waals surface area contributed by atoms with Gasteiger partial charge in [0.05, 0.1) is 24.2 Å². The van der Waals surface area contributed by atoms with E-state index in [4.69, 9.17) is 9.72 Å². The zero-order chi connectivity index (χ0) is 25.5. The Kier molecular flexibility index (Phi) is 6.36.